The van der Waals surface area contributed by atoms with Gasteiger partial charge in [-0.25, -0.2) is 0 Å². The number of hydrogen-bond acceptors (Lipinski definition) is 5. The molecular formula is C20H16BrClN2O4S. The molecule has 1 aliphatic rings. The molecule has 0 aliphatic carbocycles. The average Bonchev–Trinajstić information content (AvgIpc) is 2.97. The molecule has 0 radical (unpaired) electrons. The van der Waals surface area contributed by atoms with E-state index in [-0.39, 0.29) is 30.1 Å². The SMILES string of the molecule is COc1ccc(Br)c(C(=O)NCCN2C(=O)S/C(=C\c3ccc(Cl)cc3)C2=O)c1. The topological polar surface area (TPSA) is 75.7 Å². The van der Waals surface area contributed by atoms with Crippen LogP contribution in [0.15, 0.2) is 51.8 Å². The van der Waals surface area contributed by atoms with Gasteiger partial charge in [-0.1, -0.05) is 23.7 Å². The minimum absolute atomic E-state index is 0.0793. The maximum Gasteiger partial charge on any atom is 0.293 e. The van der Waals surface area contributed by atoms with Crippen molar-refractivity contribution >= 4 is 62.4 Å². The molecule has 6 nitrogen and oxygen atoms in total. The zero-order chi connectivity index (χ0) is 21.0. The summed E-state index contributed by atoms with van der Waals surface area (Å²) in [5.74, 6) is -0.164. The van der Waals surface area contributed by atoms with Crippen molar-refractivity contribution in [2.24, 2.45) is 0 Å². The standard InChI is InChI=1S/C20H16BrClN2O4S/c1-28-14-6-7-16(21)15(11-14)18(25)23-8-9-24-19(26)17(29-20(24)27)10-12-2-4-13(22)5-3-12/h2-7,10-11H,8-9H2,1H3,(H,23,25)/b17-10-. The first-order valence-corrected chi connectivity index (χ1v) is 10.5. The molecule has 1 N–H and O–H groups in total. The van der Waals surface area contributed by atoms with Gasteiger partial charge in [-0.2, -0.15) is 0 Å². The minimum atomic E-state index is -0.383. The number of benzene rings is 2. The van der Waals surface area contributed by atoms with Gasteiger partial charge in [-0.05, 0) is 69.7 Å². The number of thioether (sulfide) groups is 1. The van der Waals surface area contributed by atoms with E-state index in [1.807, 2.05) is 0 Å². The van der Waals surface area contributed by atoms with Crippen molar-refractivity contribution in [3.63, 3.8) is 0 Å². The molecule has 1 aliphatic heterocycles. The zero-order valence-corrected chi connectivity index (χ0v) is 18.4. The van der Waals surface area contributed by atoms with Gasteiger partial charge in [0, 0.05) is 22.6 Å². The highest BCUT2D eigenvalue weighted by Crippen LogP contribution is 2.32. The molecule has 2 aromatic rings. The summed E-state index contributed by atoms with van der Waals surface area (Å²) in [4.78, 5) is 38.6. The maximum absolute atomic E-state index is 12.5. The molecule has 29 heavy (non-hydrogen) atoms. The molecule has 0 aromatic heterocycles. The second kappa shape index (κ2) is 9.47. The van der Waals surface area contributed by atoms with Crippen LogP contribution in [0.4, 0.5) is 4.79 Å². The smallest absolute Gasteiger partial charge is 0.293 e. The van der Waals surface area contributed by atoms with E-state index >= 15 is 0 Å². The molecule has 3 amide bonds. The Balaban J connectivity index is 1.61. The Morgan fingerprint density at radius 2 is 1.97 bits per heavy atom. The number of nitrogens with one attached hydrogen (secondary N) is 1. The number of methoxy groups -OCH3 is 1. The first-order valence-electron chi connectivity index (χ1n) is 8.51. The molecule has 0 bridgehead atoms. The summed E-state index contributed by atoms with van der Waals surface area (Å²) in [5, 5.41) is 2.94. The van der Waals surface area contributed by atoms with E-state index in [4.69, 9.17) is 16.3 Å². The van der Waals surface area contributed by atoms with Crippen molar-refractivity contribution < 1.29 is 19.1 Å². The van der Waals surface area contributed by atoms with Crippen LogP contribution in [0.5, 0.6) is 5.75 Å². The van der Waals surface area contributed by atoms with Gasteiger partial charge < -0.3 is 10.1 Å². The van der Waals surface area contributed by atoms with E-state index in [1.165, 1.54) is 7.11 Å². The van der Waals surface area contributed by atoms with E-state index in [2.05, 4.69) is 21.2 Å². The Hall–Kier alpha value is -2.29. The van der Waals surface area contributed by atoms with E-state index < -0.39 is 0 Å². The van der Waals surface area contributed by atoms with Crippen LogP contribution in [0.2, 0.25) is 5.02 Å². The van der Waals surface area contributed by atoms with Gasteiger partial charge in [0.1, 0.15) is 5.75 Å². The molecule has 1 heterocycles. The second-order valence-electron chi connectivity index (χ2n) is 5.99. The predicted octanol–water partition coefficient (Wildman–Crippen LogP) is 4.58. The first-order chi connectivity index (χ1) is 13.9. The van der Waals surface area contributed by atoms with E-state index in [1.54, 1.807) is 48.5 Å². The Morgan fingerprint density at radius 1 is 1.24 bits per heavy atom. The van der Waals surface area contributed by atoms with Crippen LogP contribution >= 0.6 is 39.3 Å². The van der Waals surface area contributed by atoms with Crippen LogP contribution in [-0.2, 0) is 4.79 Å². The first kappa shape index (κ1) is 21.4. The lowest BCUT2D eigenvalue weighted by molar-refractivity contribution is -0.122. The molecular weight excluding hydrogens is 480 g/mol. The Labute approximate surface area is 185 Å². The zero-order valence-electron chi connectivity index (χ0n) is 15.3. The van der Waals surface area contributed by atoms with Crippen molar-refractivity contribution in [3.05, 3.63) is 68.0 Å². The van der Waals surface area contributed by atoms with Gasteiger partial charge >= 0.3 is 0 Å². The second-order valence-corrected chi connectivity index (χ2v) is 8.27. The van der Waals surface area contributed by atoms with Gasteiger partial charge in [-0.3, -0.25) is 19.3 Å². The summed E-state index contributed by atoms with van der Waals surface area (Å²) >= 11 is 10.1. The molecule has 0 atom stereocenters. The highest BCUT2D eigenvalue weighted by molar-refractivity contribution is 9.10. The van der Waals surface area contributed by atoms with E-state index in [9.17, 15) is 14.4 Å². The summed E-state index contributed by atoms with van der Waals surface area (Å²) < 4.78 is 5.74. The van der Waals surface area contributed by atoms with Crippen LogP contribution in [0, 0.1) is 0 Å². The normalized spacial score (nSPS) is 15.1. The van der Waals surface area contributed by atoms with Crippen LogP contribution in [-0.4, -0.2) is 42.2 Å². The fraction of sp³-hybridized carbons (Fsp3) is 0.150. The summed E-state index contributed by atoms with van der Waals surface area (Å²) in [5.41, 5.74) is 1.18. The number of hydrogen-bond donors (Lipinski definition) is 1. The van der Waals surface area contributed by atoms with Gasteiger partial charge in [0.05, 0.1) is 17.6 Å². The largest absolute Gasteiger partial charge is 0.497 e. The molecule has 0 unspecified atom stereocenters. The van der Waals surface area contributed by atoms with Gasteiger partial charge in [0.25, 0.3) is 17.1 Å². The number of ether oxygens (including phenoxy) is 1. The van der Waals surface area contributed by atoms with Crippen LogP contribution in [0.3, 0.4) is 0 Å². The predicted molar refractivity (Wildman–Crippen MR) is 117 cm³/mol. The lowest BCUT2D eigenvalue weighted by Crippen LogP contribution is -2.37. The highest BCUT2D eigenvalue weighted by Gasteiger charge is 2.34. The number of carbonyl (C=O) groups is 3. The molecule has 9 heteroatoms. The fourth-order valence-electron chi connectivity index (χ4n) is 2.58. The number of nitrogens with zero attached hydrogens (tertiary/aromatic N) is 1. The molecule has 1 fully saturated rings. The van der Waals surface area contributed by atoms with Crippen molar-refractivity contribution in [1.82, 2.24) is 10.2 Å². The average molecular weight is 496 g/mol. The van der Waals surface area contributed by atoms with Crippen molar-refractivity contribution in [3.8, 4) is 5.75 Å². The Kier molecular flexibility index (Phi) is 7.00. The lowest BCUT2D eigenvalue weighted by Gasteiger charge is -2.13. The Morgan fingerprint density at radius 3 is 2.66 bits per heavy atom. The monoisotopic (exact) mass is 494 g/mol. The van der Waals surface area contributed by atoms with E-state index in [0.29, 0.717) is 25.7 Å². The van der Waals surface area contributed by atoms with Crippen molar-refractivity contribution in [2.75, 3.05) is 20.2 Å². The number of imide groups is 1. The molecule has 0 spiro atoms. The minimum Gasteiger partial charge on any atom is -0.497 e. The van der Waals surface area contributed by atoms with E-state index in [0.717, 1.165) is 22.2 Å². The number of halogens is 2. The quantitative estimate of drug-likeness (QED) is 0.594. The summed E-state index contributed by atoms with van der Waals surface area (Å²) in [6.45, 7) is 0.213. The third-order valence-electron chi connectivity index (χ3n) is 4.08. The summed E-state index contributed by atoms with van der Waals surface area (Å²) in [7, 11) is 1.52. The molecule has 3 rings (SSSR count). The van der Waals surface area contributed by atoms with Crippen molar-refractivity contribution in [2.45, 2.75) is 0 Å². The number of carbonyl (C=O) groups excluding carboxylic acids is 3. The van der Waals surface area contributed by atoms with Gasteiger partial charge in [0.2, 0.25) is 0 Å². The number of rotatable bonds is 6. The maximum atomic E-state index is 12.5. The molecule has 0 saturated carbocycles. The molecule has 1 saturated heterocycles. The Bertz CT molecular complexity index is 994. The summed E-state index contributed by atoms with van der Waals surface area (Å²) in [6.07, 6.45) is 1.65. The third kappa shape index (κ3) is 5.20. The van der Waals surface area contributed by atoms with Gasteiger partial charge in [0.15, 0.2) is 0 Å². The molecule has 2 aromatic carbocycles. The fourth-order valence-corrected chi connectivity index (χ4v) is 4.00. The lowest BCUT2D eigenvalue weighted by atomic mass is 10.2. The van der Waals surface area contributed by atoms with Crippen LogP contribution < -0.4 is 10.1 Å². The molecule has 150 valence electrons. The van der Waals surface area contributed by atoms with Gasteiger partial charge in [-0.15, -0.1) is 0 Å². The highest BCUT2D eigenvalue weighted by atomic mass is 79.9. The third-order valence-corrected chi connectivity index (χ3v) is 5.93. The number of amides is 3. The van der Waals surface area contributed by atoms with Crippen LogP contribution in [0.1, 0.15) is 15.9 Å². The van der Waals surface area contributed by atoms with Crippen molar-refractivity contribution in [1.29, 1.82) is 0 Å². The van der Waals surface area contributed by atoms with Crippen LogP contribution in [0.25, 0.3) is 6.08 Å². The summed E-state index contributed by atoms with van der Waals surface area (Å²) in [6, 6.07) is 12.0.